The Morgan fingerprint density at radius 1 is 1.19 bits per heavy atom. The number of carbonyl (C=O) groups is 1. The number of rotatable bonds is 5. The molecule has 3 atom stereocenters. The highest BCUT2D eigenvalue weighted by atomic mass is 16.2. The molecule has 1 amide bonds. The summed E-state index contributed by atoms with van der Waals surface area (Å²) in [5, 5.41) is 0. The molecule has 0 aromatic heterocycles. The van der Waals surface area contributed by atoms with E-state index >= 15 is 0 Å². The van der Waals surface area contributed by atoms with Crippen molar-refractivity contribution in [3.8, 4) is 0 Å². The molecule has 3 nitrogen and oxygen atoms in total. The number of nitrogens with zero attached hydrogens (tertiary/aromatic N) is 1. The molecule has 0 spiro atoms. The second-order valence-electron chi connectivity index (χ2n) is 8.17. The van der Waals surface area contributed by atoms with Crippen molar-refractivity contribution in [1.29, 1.82) is 0 Å². The number of hydrogen-bond donors (Lipinski definition) is 1. The van der Waals surface area contributed by atoms with E-state index in [-0.39, 0.29) is 5.41 Å². The Kier molecular flexibility index (Phi) is 5.70. The van der Waals surface area contributed by atoms with Crippen molar-refractivity contribution in [2.24, 2.45) is 23.0 Å². The van der Waals surface area contributed by atoms with Crippen LogP contribution in [-0.2, 0) is 4.79 Å². The summed E-state index contributed by atoms with van der Waals surface area (Å²) in [5.41, 5.74) is 5.99. The number of nitrogens with two attached hydrogens (primary N) is 1. The first kappa shape index (κ1) is 16.8. The van der Waals surface area contributed by atoms with Gasteiger partial charge in [-0.25, -0.2) is 0 Å². The Hall–Kier alpha value is -0.570. The Balaban J connectivity index is 1.86. The highest BCUT2D eigenvalue weighted by Gasteiger charge is 2.38. The van der Waals surface area contributed by atoms with E-state index in [1.54, 1.807) is 0 Å². The van der Waals surface area contributed by atoms with Gasteiger partial charge in [-0.1, -0.05) is 33.6 Å². The number of carbonyl (C=O) groups excluding carboxylic acids is 1. The molecule has 1 saturated carbocycles. The first-order chi connectivity index (χ1) is 9.93. The Labute approximate surface area is 130 Å². The van der Waals surface area contributed by atoms with Gasteiger partial charge in [-0.15, -0.1) is 0 Å². The van der Waals surface area contributed by atoms with Crippen LogP contribution in [0.5, 0.6) is 0 Å². The van der Waals surface area contributed by atoms with Gasteiger partial charge in [0.15, 0.2) is 0 Å². The van der Waals surface area contributed by atoms with E-state index in [1.165, 1.54) is 32.1 Å². The third kappa shape index (κ3) is 4.21. The summed E-state index contributed by atoms with van der Waals surface area (Å²) >= 11 is 0. The summed E-state index contributed by atoms with van der Waals surface area (Å²) < 4.78 is 0. The van der Waals surface area contributed by atoms with Crippen LogP contribution in [0.15, 0.2) is 0 Å². The average molecular weight is 294 g/mol. The van der Waals surface area contributed by atoms with Gasteiger partial charge in [0.2, 0.25) is 5.91 Å². The van der Waals surface area contributed by atoms with Crippen molar-refractivity contribution >= 4 is 5.91 Å². The maximum atomic E-state index is 12.6. The van der Waals surface area contributed by atoms with Gasteiger partial charge in [0.05, 0.1) is 0 Å². The van der Waals surface area contributed by atoms with Crippen LogP contribution in [0.2, 0.25) is 0 Å². The minimum absolute atomic E-state index is 0.248. The van der Waals surface area contributed by atoms with Gasteiger partial charge in [0.1, 0.15) is 0 Å². The number of fused-ring (bicyclic) bond motifs is 1. The summed E-state index contributed by atoms with van der Waals surface area (Å²) in [5.74, 6) is 1.75. The minimum atomic E-state index is 0.248. The Morgan fingerprint density at radius 2 is 1.90 bits per heavy atom. The maximum Gasteiger partial charge on any atom is 0.222 e. The average Bonchev–Trinajstić information content (AvgIpc) is 2.85. The van der Waals surface area contributed by atoms with Crippen LogP contribution in [0.4, 0.5) is 0 Å². The predicted octanol–water partition coefficient (Wildman–Crippen LogP) is 3.57. The van der Waals surface area contributed by atoms with E-state index in [1.807, 2.05) is 0 Å². The molecule has 1 heterocycles. The fourth-order valence-electron chi connectivity index (χ4n) is 4.37. The van der Waals surface area contributed by atoms with Gasteiger partial charge in [-0.2, -0.15) is 0 Å². The molecule has 3 heteroatoms. The zero-order chi connectivity index (χ0) is 15.5. The van der Waals surface area contributed by atoms with Crippen LogP contribution in [0.1, 0.15) is 72.1 Å². The summed E-state index contributed by atoms with van der Waals surface area (Å²) in [6.07, 6.45) is 9.23. The third-order valence-corrected chi connectivity index (χ3v) is 5.78. The molecule has 21 heavy (non-hydrogen) atoms. The Bertz CT molecular complexity index is 348. The molecule has 1 aliphatic heterocycles. The first-order valence-corrected chi connectivity index (χ1v) is 8.93. The molecule has 1 saturated heterocycles. The summed E-state index contributed by atoms with van der Waals surface area (Å²) in [7, 11) is 0. The van der Waals surface area contributed by atoms with Crippen molar-refractivity contribution in [3.63, 3.8) is 0 Å². The van der Waals surface area contributed by atoms with Crippen LogP contribution in [0.25, 0.3) is 0 Å². The van der Waals surface area contributed by atoms with Crippen molar-refractivity contribution in [3.05, 3.63) is 0 Å². The standard InChI is InChI=1S/C18H34N2O/c1-18(2,3)15(10-12-19)8-9-17(21)20-13-11-14-6-4-5-7-16(14)20/h14-16H,4-13,19H2,1-3H3. The topological polar surface area (TPSA) is 46.3 Å². The second kappa shape index (κ2) is 7.13. The van der Waals surface area contributed by atoms with Gasteiger partial charge in [-0.05, 0) is 55.9 Å². The van der Waals surface area contributed by atoms with Gasteiger partial charge < -0.3 is 10.6 Å². The van der Waals surface area contributed by atoms with Crippen LogP contribution in [-0.4, -0.2) is 29.9 Å². The monoisotopic (exact) mass is 294 g/mol. The molecule has 2 aliphatic rings. The SMILES string of the molecule is CC(C)(C)C(CCN)CCC(=O)N1CCC2CCCCC21. The van der Waals surface area contributed by atoms with Crippen molar-refractivity contribution in [1.82, 2.24) is 4.90 Å². The Morgan fingerprint density at radius 3 is 2.57 bits per heavy atom. The summed E-state index contributed by atoms with van der Waals surface area (Å²) in [6.45, 7) is 8.54. The van der Waals surface area contributed by atoms with Gasteiger partial charge in [0, 0.05) is 19.0 Å². The lowest BCUT2D eigenvalue weighted by molar-refractivity contribution is -0.133. The van der Waals surface area contributed by atoms with Gasteiger partial charge in [-0.3, -0.25) is 4.79 Å². The molecule has 3 unspecified atom stereocenters. The molecular weight excluding hydrogens is 260 g/mol. The van der Waals surface area contributed by atoms with Gasteiger partial charge >= 0.3 is 0 Å². The maximum absolute atomic E-state index is 12.6. The van der Waals surface area contributed by atoms with E-state index in [0.29, 0.717) is 24.3 Å². The third-order valence-electron chi connectivity index (χ3n) is 5.78. The van der Waals surface area contributed by atoms with Crippen molar-refractivity contribution in [2.75, 3.05) is 13.1 Å². The van der Waals surface area contributed by atoms with E-state index in [0.717, 1.165) is 31.8 Å². The molecule has 0 aromatic carbocycles. The molecule has 2 fully saturated rings. The van der Waals surface area contributed by atoms with E-state index in [9.17, 15) is 4.79 Å². The quantitative estimate of drug-likeness (QED) is 0.842. The molecule has 122 valence electrons. The lowest BCUT2D eigenvalue weighted by atomic mass is 9.76. The minimum Gasteiger partial charge on any atom is -0.339 e. The van der Waals surface area contributed by atoms with Crippen LogP contribution in [0, 0.1) is 17.3 Å². The smallest absolute Gasteiger partial charge is 0.222 e. The number of likely N-dealkylation sites (tertiary alicyclic amines) is 1. The highest BCUT2D eigenvalue weighted by molar-refractivity contribution is 5.76. The van der Waals surface area contributed by atoms with E-state index in [4.69, 9.17) is 5.73 Å². The molecule has 1 aliphatic carbocycles. The van der Waals surface area contributed by atoms with Gasteiger partial charge in [0.25, 0.3) is 0 Å². The zero-order valence-electron chi connectivity index (χ0n) is 14.2. The summed E-state index contributed by atoms with van der Waals surface area (Å²) in [6, 6.07) is 0.564. The largest absolute Gasteiger partial charge is 0.339 e. The molecule has 2 N–H and O–H groups in total. The van der Waals surface area contributed by atoms with Crippen molar-refractivity contribution in [2.45, 2.75) is 78.2 Å². The van der Waals surface area contributed by atoms with Crippen LogP contribution < -0.4 is 5.73 Å². The first-order valence-electron chi connectivity index (χ1n) is 8.93. The molecule has 0 radical (unpaired) electrons. The zero-order valence-corrected chi connectivity index (χ0v) is 14.2. The highest BCUT2D eigenvalue weighted by Crippen LogP contribution is 2.37. The number of hydrogen-bond acceptors (Lipinski definition) is 2. The molecular formula is C18H34N2O. The second-order valence-corrected chi connectivity index (χ2v) is 8.17. The normalized spacial score (nSPS) is 27.5. The van der Waals surface area contributed by atoms with Crippen LogP contribution in [0.3, 0.4) is 0 Å². The fourth-order valence-corrected chi connectivity index (χ4v) is 4.37. The lowest BCUT2D eigenvalue weighted by Crippen LogP contribution is -2.39. The predicted molar refractivity (Wildman–Crippen MR) is 87.9 cm³/mol. The van der Waals surface area contributed by atoms with E-state index in [2.05, 4.69) is 25.7 Å². The fraction of sp³-hybridized carbons (Fsp3) is 0.944. The lowest BCUT2D eigenvalue weighted by Gasteiger charge is -2.33. The molecule has 2 rings (SSSR count). The van der Waals surface area contributed by atoms with E-state index < -0.39 is 0 Å². The molecule has 0 bridgehead atoms. The molecule has 0 aromatic rings. The number of amides is 1. The van der Waals surface area contributed by atoms with Crippen molar-refractivity contribution < 1.29 is 4.79 Å². The summed E-state index contributed by atoms with van der Waals surface area (Å²) in [4.78, 5) is 14.8. The van der Waals surface area contributed by atoms with Crippen LogP contribution >= 0.6 is 0 Å².